The third-order valence-electron chi connectivity index (χ3n) is 5.85. The molecule has 2 atom stereocenters. The first kappa shape index (κ1) is 21.4. The van der Waals surface area contributed by atoms with Gasteiger partial charge < -0.3 is 9.47 Å². The molecule has 2 fully saturated rings. The maximum Gasteiger partial charge on any atom is 0.410 e. The summed E-state index contributed by atoms with van der Waals surface area (Å²) >= 11 is 0. The molecule has 2 unspecified atom stereocenters. The summed E-state index contributed by atoms with van der Waals surface area (Å²) in [5, 5.41) is 0. The molecule has 0 radical (unpaired) electrons. The van der Waals surface area contributed by atoms with Crippen molar-refractivity contribution < 1.29 is 32.2 Å². The Hall–Kier alpha value is -2.87. The van der Waals surface area contributed by atoms with Crippen molar-refractivity contribution in [3.8, 4) is 0 Å². The van der Waals surface area contributed by atoms with Crippen molar-refractivity contribution in [3.05, 3.63) is 71.0 Å². The van der Waals surface area contributed by atoms with Crippen LogP contribution in [0.2, 0.25) is 0 Å². The molecule has 2 bridgehead atoms. The summed E-state index contributed by atoms with van der Waals surface area (Å²) in [5.41, 5.74) is 0.700. The summed E-state index contributed by atoms with van der Waals surface area (Å²) in [6.45, 7) is 0.703. The molecule has 0 saturated carbocycles. The van der Waals surface area contributed by atoms with Crippen LogP contribution in [0.15, 0.2) is 42.5 Å². The maximum atomic E-state index is 13.9. The highest BCUT2D eigenvalue weighted by Crippen LogP contribution is 2.33. The fourth-order valence-corrected chi connectivity index (χ4v) is 4.30. The van der Waals surface area contributed by atoms with E-state index in [4.69, 9.17) is 9.47 Å². The van der Waals surface area contributed by atoms with Gasteiger partial charge in [-0.1, -0.05) is 30.3 Å². The predicted molar refractivity (Wildman–Crippen MR) is 105 cm³/mol. The van der Waals surface area contributed by atoms with E-state index in [1.165, 1.54) is 0 Å². The normalized spacial score (nSPS) is 22.8. The highest BCUT2D eigenvalue weighted by molar-refractivity contribution is 5.84. The molecule has 2 aliphatic rings. The lowest BCUT2D eigenvalue weighted by molar-refractivity contribution is -0.130. The van der Waals surface area contributed by atoms with Gasteiger partial charge in [-0.3, -0.25) is 9.69 Å². The zero-order valence-electron chi connectivity index (χ0n) is 16.7. The van der Waals surface area contributed by atoms with Crippen LogP contribution in [0.25, 0.3) is 0 Å². The average molecular weight is 433 g/mol. The van der Waals surface area contributed by atoms with Gasteiger partial charge in [0.25, 0.3) is 0 Å². The molecule has 0 N–H and O–H groups in total. The second-order valence-corrected chi connectivity index (χ2v) is 7.96. The second kappa shape index (κ2) is 9.09. The van der Waals surface area contributed by atoms with Crippen molar-refractivity contribution in [2.24, 2.45) is 5.92 Å². The van der Waals surface area contributed by atoms with Crippen LogP contribution in [-0.4, -0.2) is 42.1 Å². The van der Waals surface area contributed by atoms with Crippen LogP contribution in [0.1, 0.15) is 24.0 Å². The standard InChI is InChI=1S/C23H22F3NO4/c24-19-10-21(26)20(25)8-15(19)9-22(28)16-6-17-12-30-13-18(7-16)27(17)23(29)31-11-14-4-2-1-3-5-14/h1-5,8,10,16-18H,6-7,9,11-13H2. The van der Waals surface area contributed by atoms with Crippen LogP contribution in [0.4, 0.5) is 18.0 Å². The molecule has 0 aliphatic carbocycles. The molecular formula is C23H22F3NO4. The van der Waals surface area contributed by atoms with Crippen LogP contribution in [0.5, 0.6) is 0 Å². The van der Waals surface area contributed by atoms with Gasteiger partial charge in [-0.15, -0.1) is 0 Å². The summed E-state index contributed by atoms with van der Waals surface area (Å²) in [7, 11) is 0. The van der Waals surface area contributed by atoms with Gasteiger partial charge in [-0.25, -0.2) is 18.0 Å². The van der Waals surface area contributed by atoms with E-state index in [0.29, 0.717) is 18.9 Å². The van der Waals surface area contributed by atoms with Crippen molar-refractivity contribution in [1.29, 1.82) is 0 Å². The quantitative estimate of drug-likeness (QED) is 0.668. The number of ether oxygens (including phenoxy) is 2. The van der Waals surface area contributed by atoms with Crippen molar-refractivity contribution >= 4 is 11.9 Å². The molecular weight excluding hydrogens is 411 g/mol. The molecule has 2 aliphatic heterocycles. The van der Waals surface area contributed by atoms with Crippen molar-refractivity contribution in [2.45, 2.75) is 38.0 Å². The van der Waals surface area contributed by atoms with Crippen LogP contribution in [-0.2, 0) is 27.3 Å². The number of Topliss-reactive ketones (excluding diaryl/α,β-unsaturated/α-hetero) is 1. The molecule has 1 amide bonds. The van der Waals surface area contributed by atoms with E-state index < -0.39 is 29.5 Å². The van der Waals surface area contributed by atoms with Gasteiger partial charge in [0.05, 0.1) is 25.3 Å². The lowest BCUT2D eigenvalue weighted by Gasteiger charge is -2.47. The molecule has 2 aromatic carbocycles. The van der Waals surface area contributed by atoms with Gasteiger partial charge in [-0.05, 0) is 30.0 Å². The Balaban J connectivity index is 1.40. The molecule has 2 saturated heterocycles. The summed E-state index contributed by atoms with van der Waals surface area (Å²) < 4.78 is 51.5. The minimum Gasteiger partial charge on any atom is -0.445 e. The Bertz CT molecular complexity index is 955. The first-order valence-corrected chi connectivity index (χ1v) is 10.1. The third kappa shape index (κ3) is 4.74. The molecule has 8 heteroatoms. The van der Waals surface area contributed by atoms with E-state index in [-0.39, 0.29) is 49.7 Å². The molecule has 0 aromatic heterocycles. The van der Waals surface area contributed by atoms with E-state index in [2.05, 4.69) is 0 Å². The number of carbonyl (C=O) groups is 2. The first-order chi connectivity index (χ1) is 14.9. The van der Waals surface area contributed by atoms with E-state index in [9.17, 15) is 22.8 Å². The number of nitrogens with zero attached hydrogens (tertiary/aromatic N) is 1. The smallest absolute Gasteiger partial charge is 0.410 e. The van der Waals surface area contributed by atoms with Crippen LogP contribution >= 0.6 is 0 Å². The Morgan fingerprint density at radius 3 is 2.29 bits per heavy atom. The largest absolute Gasteiger partial charge is 0.445 e. The number of morpholine rings is 1. The zero-order chi connectivity index (χ0) is 22.0. The number of halogens is 3. The third-order valence-corrected chi connectivity index (χ3v) is 5.85. The topological polar surface area (TPSA) is 55.8 Å². The fourth-order valence-electron chi connectivity index (χ4n) is 4.30. The Morgan fingerprint density at radius 2 is 1.61 bits per heavy atom. The number of amides is 1. The van der Waals surface area contributed by atoms with Crippen LogP contribution < -0.4 is 0 Å². The molecule has 2 heterocycles. The van der Waals surface area contributed by atoms with Crippen LogP contribution in [0.3, 0.4) is 0 Å². The van der Waals surface area contributed by atoms with Gasteiger partial charge in [0.1, 0.15) is 18.2 Å². The number of carbonyl (C=O) groups excluding carboxylic acids is 2. The summed E-state index contributed by atoms with van der Waals surface area (Å²) in [6, 6.07) is 9.82. The van der Waals surface area contributed by atoms with Gasteiger partial charge in [-0.2, -0.15) is 0 Å². The molecule has 4 rings (SSSR count). The minimum absolute atomic E-state index is 0.147. The Labute approximate surface area is 177 Å². The monoisotopic (exact) mass is 433 g/mol. The SMILES string of the molecule is O=C(Cc1cc(F)c(F)cc1F)C1CC2COCC(C1)N2C(=O)OCc1ccccc1. The molecule has 5 nitrogen and oxygen atoms in total. The minimum atomic E-state index is -1.29. The van der Waals surface area contributed by atoms with Crippen molar-refractivity contribution in [3.63, 3.8) is 0 Å². The number of benzene rings is 2. The molecule has 164 valence electrons. The number of piperidine rings is 1. The highest BCUT2D eigenvalue weighted by Gasteiger charge is 2.44. The lowest BCUT2D eigenvalue weighted by atomic mass is 9.81. The number of hydrogen-bond donors (Lipinski definition) is 0. The lowest BCUT2D eigenvalue weighted by Crippen LogP contribution is -2.60. The average Bonchev–Trinajstić information content (AvgIpc) is 2.75. The number of rotatable bonds is 5. The van der Waals surface area contributed by atoms with Gasteiger partial charge in [0, 0.05) is 18.4 Å². The fraction of sp³-hybridized carbons (Fsp3) is 0.391. The van der Waals surface area contributed by atoms with Gasteiger partial charge in [0.2, 0.25) is 0 Å². The van der Waals surface area contributed by atoms with E-state index >= 15 is 0 Å². The van der Waals surface area contributed by atoms with Crippen molar-refractivity contribution in [1.82, 2.24) is 4.90 Å². The summed E-state index contributed by atoms with van der Waals surface area (Å²) in [6.07, 6.45) is -0.0890. The Kier molecular flexibility index (Phi) is 6.27. The summed E-state index contributed by atoms with van der Waals surface area (Å²) in [5.74, 6) is -4.12. The van der Waals surface area contributed by atoms with Gasteiger partial charge >= 0.3 is 6.09 Å². The number of fused-ring (bicyclic) bond motifs is 2. The Morgan fingerprint density at radius 1 is 0.968 bits per heavy atom. The van der Waals surface area contributed by atoms with E-state index in [0.717, 1.165) is 11.6 Å². The molecule has 2 aromatic rings. The maximum absolute atomic E-state index is 13.9. The van der Waals surface area contributed by atoms with Gasteiger partial charge in [0.15, 0.2) is 11.6 Å². The van der Waals surface area contributed by atoms with Crippen molar-refractivity contribution in [2.75, 3.05) is 13.2 Å². The first-order valence-electron chi connectivity index (χ1n) is 10.1. The zero-order valence-corrected chi connectivity index (χ0v) is 16.7. The van der Waals surface area contributed by atoms with E-state index in [1.54, 1.807) is 4.90 Å². The predicted octanol–water partition coefficient (Wildman–Crippen LogP) is 4.03. The second-order valence-electron chi connectivity index (χ2n) is 7.96. The number of ketones is 1. The highest BCUT2D eigenvalue weighted by atomic mass is 19.2. The van der Waals surface area contributed by atoms with E-state index in [1.807, 2.05) is 30.3 Å². The molecule has 0 spiro atoms. The summed E-state index contributed by atoms with van der Waals surface area (Å²) in [4.78, 5) is 27.1. The number of hydrogen-bond acceptors (Lipinski definition) is 4. The molecule has 31 heavy (non-hydrogen) atoms. The van der Waals surface area contributed by atoms with Crippen LogP contribution in [0, 0.1) is 23.4 Å².